The van der Waals surface area contributed by atoms with Crippen molar-refractivity contribution in [2.45, 2.75) is 26.3 Å². The molecule has 0 aliphatic heterocycles. The number of aromatic nitrogens is 5. The van der Waals surface area contributed by atoms with Gasteiger partial charge in [-0.05, 0) is 36.8 Å². The molecule has 0 aliphatic rings. The normalized spacial score (nSPS) is 11.1. The van der Waals surface area contributed by atoms with Crippen molar-refractivity contribution >= 4 is 23.2 Å². The predicted octanol–water partition coefficient (Wildman–Crippen LogP) is 3.45. The second-order valence-electron chi connectivity index (χ2n) is 6.33. The summed E-state index contributed by atoms with van der Waals surface area (Å²) in [6, 6.07) is 7.19. The highest BCUT2D eigenvalue weighted by Crippen LogP contribution is 2.20. The molecule has 148 valence electrons. The van der Waals surface area contributed by atoms with Crippen LogP contribution in [0.3, 0.4) is 0 Å². The lowest BCUT2D eigenvalue weighted by atomic mass is 10.2. The summed E-state index contributed by atoms with van der Waals surface area (Å²) < 4.78 is 20.2. The van der Waals surface area contributed by atoms with E-state index in [2.05, 4.69) is 25.7 Å². The first-order chi connectivity index (χ1) is 14.0. The molecule has 0 saturated carbocycles. The van der Waals surface area contributed by atoms with Gasteiger partial charge in [-0.15, -0.1) is 10.2 Å². The molecule has 1 amide bonds. The molecule has 0 unspecified atom stereocenters. The van der Waals surface area contributed by atoms with Gasteiger partial charge in [-0.1, -0.05) is 23.7 Å². The van der Waals surface area contributed by atoms with Crippen molar-refractivity contribution in [1.29, 1.82) is 0 Å². The van der Waals surface area contributed by atoms with Crippen LogP contribution in [0.25, 0.3) is 17.1 Å². The zero-order chi connectivity index (χ0) is 20.4. The number of halogens is 2. The highest BCUT2D eigenvalue weighted by Gasteiger charge is 2.14. The van der Waals surface area contributed by atoms with Crippen LogP contribution in [0.4, 0.5) is 4.39 Å². The Morgan fingerprint density at radius 2 is 2.14 bits per heavy atom. The smallest absolute Gasteiger partial charge is 0.258 e. The van der Waals surface area contributed by atoms with Gasteiger partial charge in [-0.3, -0.25) is 9.20 Å². The molecule has 3 aromatic heterocycles. The molecule has 0 radical (unpaired) electrons. The summed E-state index contributed by atoms with van der Waals surface area (Å²) in [5.41, 5.74) is 1.48. The first kappa shape index (κ1) is 19.0. The van der Waals surface area contributed by atoms with Crippen molar-refractivity contribution in [3.63, 3.8) is 0 Å². The molecule has 4 aromatic rings. The Morgan fingerprint density at radius 3 is 2.93 bits per heavy atom. The average molecular weight is 415 g/mol. The van der Waals surface area contributed by atoms with Gasteiger partial charge in [0.1, 0.15) is 5.82 Å². The first-order valence-electron chi connectivity index (χ1n) is 8.95. The predicted molar refractivity (Wildman–Crippen MR) is 103 cm³/mol. The van der Waals surface area contributed by atoms with E-state index < -0.39 is 11.7 Å². The van der Waals surface area contributed by atoms with Gasteiger partial charge >= 0.3 is 0 Å². The van der Waals surface area contributed by atoms with E-state index in [4.69, 9.17) is 16.1 Å². The van der Waals surface area contributed by atoms with Crippen molar-refractivity contribution in [3.8, 4) is 11.5 Å². The van der Waals surface area contributed by atoms with E-state index >= 15 is 0 Å². The zero-order valence-corrected chi connectivity index (χ0v) is 16.1. The number of hydrogen-bond acceptors (Lipinski definition) is 6. The Labute approximate surface area is 169 Å². The van der Waals surface area contributed by atoms with Crippen molar-refractivity contribution < 1.29 is 13.7 Å². The fourth-order valence-corrected chi connectivity index (χ4v) is 3.07. The molecule has 8 nitrogen and oxygen atoms in total. The number of nitrogens with one attached hydrogen (secondary N) is 1. The summed E-state index contributed by atoms with van der Waals surface area (Å²) in [4.78, 5) is 16.7. The van der Waals surface area contributed by atoms with Crippen molar-refractivity contribution in [2.24, 2.45) is 0 Å². The molecule has 0 aliphatic carbocycles. The maximum absolute atomic E-state index is 13.1. The van der Waals surface area contributed by atoms with E-state index in [-0.39, 0.29) is 17.1 Å². The lowest BCUT2D eigenvalue weighted by molar-refractivity contribution is 0.0950. The molecule has 3 heterocycles. The minimum absolute atomic E-state index is 0.0419. The number of nitrogens with zero attached hydrogens (tertiary/aromatic N) is 5. The third-order valence-electron chi connectivity index (χ3n) is 4.25. The quantitative estimate of drug-likeness (QED) is 0.519. The largest absolute Gasteiger partial charge is 0.345 e. The van der Waals surface area contributed by atoms with Crippen LogP contribution in [0.1, 0.15) is 35.4 Å². The highest BCUT2D eigenvalue weighted by atomic mass is 35.5. The third kappa shape index (κ3) is 3.95. The first-order valence-corrected chi connectivity index (χ1v) is 9.33. The Bertz CT molecular complexity index is 1190. The fourth-order valence-electron chi connectivity index (χ4n) is 2.82. The molecular formula is C19H16ClFN6O2. The lowest BCUT2D eigenvalue weighted by Gasteiger charge is -2.06. The van der Waals surface area contributed by atoms with E-state index in [0.29, 0.717) is 23.2 Å². The Balaban J connectivity index is 1.50. The fraction of sp³-hybridized carbons (Fsp3) is 0.211. The van der Waals surface area contributed by atoms with Gasteiger partial charge in [0.05, 0.1) is 17.1 Å². The summed E-state index contributed by atoms with van der Waals surface area (Å²) in [5, 5.41) is 14.9. The van der Waals surface area contributed by atoms with E-state index in [1.807, 2.05) is 13.0 Å². The number of hydrogen-bond donors (Lipinski definition) is 1. The number of rotatable bonds is 6. The summed E-state index contributed by atoms with van der Waals surface area (Å²) in [6.45, 7) is 2.16. The Hall–Kier alpha value is -3.33. The van der Waals surface area contributed by atoms with E-state index in [1.165, 1.54) is 12.1 Å². The van der Waals surface area contributed by atoms with Crippen molar-refractivity contribution in [1.82, 2.24) is 30.1 Å². The van der Waals surface area contributed by atoms with Crippen LogP contribution in [0.15, 0.2) is 41.1 Å². The van der Waals surface area contributed by atoms with Crippen LogP contribution in [0, 0.1) is 5.82 Å². The van der Waals surface area contributed by atoms with Gasteiger partial charge in [0.2, 0.25) is 0 Å². The average Bonchev–Trinajstić information content (AvgIpc) is 3.33. The van der Waals surface area contributed by atoms with Gasteiger partial charge in [-0.25, -0.2) is 4.39 Å². The molecule has 0 spiro atoms. The second-order valence-corrected chi connectivity index (χ2v) is 6.74. The summed E-state index contributed by atoms with van der Waals surface area (Å²) in [7, 11) is 0. The molecule has 1 aromatic carbocycles. The topological polar surface area (TPSA) is 98.2 Å². The molecule has 0 fully saturated rings. The lowest BCUT2D eigenvalue weighted by Crippen LogP contribution is -2.24. The third-order valence-corrected chi connectivity index (χ3v) is 4.56. The monoisotopic (exact) mass is 414 g/mol. The van der Waals surface area contributed by atoms with Gasteiger partial charge in [0, 0.05) is 18.2 Å². The zero-order valence-electron chi connectivity index (χ0n) is 15.4. The number of carbonyl (C=O) groups excluding carboxylic acids is 1. The Kier molecular flexibility index (Phi) is 5.22. The number of pyridine rings is 1. The summed E-state index contributed by atoms with van der Waals surface area (Å²) in [5.74, 6) is 0.660. The highest BCUT2D eigenvalue weighted by molar-refractivity contribution is 6.33. The molecule has 1 N–H and O–H groups in total. The molecular weight excluding hydrogens is 399 g/mol. The van der Waals surface area contributed by atoms with E-state index in [1.54, 1.807) is 16.7 Å². The second kappa shape index (κ2) is 7.96. The van der Waals surface area contributed by atoms with Crippen LogP contribution < -0.4 is 5.32 Å². The van der Waals surface area contributed by atoms with Crippen LogP contribution in [-0.2, 0) is 13.0 Å². The minimum atomic E-state index is -0.506. The standard InChI is InChI=1S/C19H16ClFN6O2/c1-2-3-15-23-19(29-26-15)11-6-7-27-16(8-11)24-25-17(27)10-22-18(28)13-5-4-12(21)9-14(13)20/h4-9H,2-3,10H2,1H3,(H,22,28). The van der Waals surface area contributed by atoms with Crippen molar-refractivity contribution in [2.75, 3.05) is 0 Å². The molecule has 4 rings (SSSR count). The summed E-state index contributed by atoms with van der Waals surface area (Å²) >= 11 is 5.92. The SMILES string of the molecule is CCCc1noc(-c2ccn3c(CNC(=O)c4ccc(F)cc4Cl)nnc3c2)n1. The number of carbonyl (C=O) groups is 1. The number of aryl methyl sites for hydroxylation is 1. The van der Waals surface area contributed by atoms with Crippen LogP contribution in [-0.4, -0.2) is 30.6 Å². The number of amides is 1. The van der Waals surface area contributed by atoms with E-state index in [0.717, 1.165) is 24.5 Å². The summed E-state index contributed by atoms with van der Waals surface area (Å²) in [6.07, 6.45) is 3.44. The van der Waals surface area contributed by atoms with Gasteiger partial charge in [0.25, 0.3) is 11.8 Å². The maximum Gasteiger partial charge on any atom is 0.258 e. The molecule has 0 atom stereocenters. The maximum atomic E-state index is 13.1. The molecule has 10 heteroatoms. The molecule has 0 saturated heterocycles. The van der Waals surface area contributed by atoms with Crippen LogP contribution >= 0.6 is 11.6 Å². The van der Waals surface area contributed by atoms with Crippen LogP contribution in [0.5, 0.6) is 0 Å². The number of fused-ring (bicyclic) bond motifs is 1. The number of benzene rings is 1. The van der Waals surface area contributed by atoms with Crippen molar-refractivity contribution in [3.05, 3.63) is 64.6 Å². The van der Waals surface area contributed by atoms with Gasteiger partial charge < -0.3 is 9.84 Å². The molecule has 29 heavy (non-hydrogen) atoms. The minimum Gasteiger partial charge on any atom is -0.345 e. The molecule has 0 bridgehead atoms. The van der Waals surface area contributed by atoms with Gasteiger partial charge in [-0.2, -0.15) is 4.98 Å². The van der Waals surface area contributed by atoms with E-state index in [9.17, 15) is 9.18 Å². The van der Waals surface area contributed by atoms with Gasteiger partial charge in [0.15, 0.2) is 17.3 Å². The Morgan fingerprint density at radius 1 is 1.28 bits per heavy atom. The van der Waals surface area contributed by atoms with Crippen LogP contribution in [0.2, 0.25) is 5.02 Å².